The van der Waals surface area contributed by atoms with E-state index < -0.39 is 5.91 Å². The van der Waals surface area contributed by atoms with Gasteiger partial charge in [0.2, 0.25) is 12.7 Å². The van der Waals surface area contributed by atoms with Crippen LogP contribution in [0.4, 0.5) is 5.69 Å². The van der Waals surface area contributed by atoms with Crippen LogP contribution in [-0.4, -0.2) is 25.7 Å². The molecule has 0 spiro atoms. The van der Waals surface area contributed by atoms with E-state index in [1.807, 2.05) is 6.07 Å². The molecule has 2 aliphatic rings. The number of benzene rings is 2. The van der Waals surface area contributed by atoms with Crippen molar-refractivity contribution in [2.24, 2.45) is 0 Å². The highest BCUT2D eigenvalue weighted by Gasteiger charge is 2.38. The summed E-state index contributed by atoms with van der Waals surface area (Å²) in [6.07, 6.45) is 0. The first-order valence-corrected chi connectivity index (χ1v) is 8.64. The third-order valence-electron chi connectivity index (χ3n) is 4.27. The van der Waals surface area contributed by atoms with Gasteiger partial charge in [0.05, 0.1) is 18.4 Å². The molecular formula is C19H14BrNO5. The Bertz CT molecular complexity index is 982. The summed E-state index contributed by atoms with van der Waals surface area (Å²) < 4.78 is 17.1. The summed E-state index contributed by atoms with van der Waals surface area (Å²) >= 11 is 3.39. The van der Waals surface area contributed by atoms with Gasteiger partial charge in [0.1, 0.15) is 5.76 Å². The van der Waals surface area contributed by atoms with Crippen molar-refractivity contribution < 1.29 is 23.8 Å². The predicted octanol–water partition coefficient (Wildman–Crippen LogP) is 3.59. The maximum Gasteiger partial charge on any atom is 0.269 e. The Labute approximate surface area is 158 Å². The number of methoxy groups -OCH3 is 1. The molecule has 0 saturated carbocycles. The summed E-state index contributed by atoms with van der Waals surface area (Å²) in [6, 6.07) is 10.7. The van der Waals surface area contributed by atoms with Crippen molar-refractivity contribution in [3.63, 3.8) is 0 Å². The molecular weight excluding hydrogens is 402 g/mol. The van der Waals surface area contributed by atoms with Gasteiger partial charge in [-0.15, -0.1) is 0 Å². The average Bonchev–Trinajstić information content (AvgIpc) is 3.17. The molecule has 0 aromatic heterocycles. The molecule has 7 heteroatoms. The van der Waals surface area contributed by atoms with Crippen molar-refractivity contribution in [3.05, 3.63) is 52.0 Å². The number of carbonyl (C=O) groups is 2. The fourth-order valence-electron chi connectivity index (χ4n) is 3.17. The number of hydrogen-bond donors (Lipinski definition) is 0. The minimum absolute atomic E-state index is 0.158. The number of anilines is 1. The lowest BCUT2D eigenvalue weighted by molar-refractivity contribution is -0.122. The predicted molar refractivity (Wildman–Crippen MR) is 98.7 cm³/mol. The quantitative estimate of drug-likeness (QED) is 0.553. The van der Waals surface area contributed by atoms with Gasteiger partial charge in [-0.25, -0.2) is 4.90 Å². The number of imide groups is 1. The van der Waals surface area contributed by atoms with E-state index >= 15 is 0 Å². The Kier molecular flexibility index (Phi) is 3.96. The van der Waals surface area contributed by atoms with Crippen LogP contribution in [0.3, 0.4) is 0 Å². The van der Waals surface area contributed by atoms with Crippen LogP contribution in [0.5, 0.6) is 11.5 Å². The molecule has 0 atom stereocenters. The Morgan fingerprint density at radius 2 is 1.92 bits per heavy atom. The molecule has 0 N–H and O–H groups in total. The van der Waals surface area contributed by atoms with Crippen LogP contribution in [0, 0.1) is 0 Å². The number of halogens is 1. The largest absolute Gasteiger partial charge is 0.495 e. The number of hydrogen-bond acceptors (Lipinski definition) is 5. The lowest BCUT2D eigenvalue weighted by atomic mass is 10.0. The molecule has 0 bridgehead atoms. The second-order valence-electron chi connectivity index (χ2n) is 5.80. The summed E-state index contributed by atoms with van der Waals surface area (Å²) in [5, 5.41) is 0. The smallest absolute Gasteiger partial charge is 0.269 e. The number of amides is 2. The van der Waals surface area contributed by atoms with Crippen molar-refractivity contribution in [2.45, 2.75) is 6.92 Å². The highest BCUT2D eigenvalue weighted by atomic mass is 79.9. The topological polar surface area (TPSA) is 65.1 Å². The Balaban J connectivity index is 1.94. The molecule has 2 aromatic carbocycles. The fourth-order valence-corrected chi connectivity index (χ4v) is 3.52. The van der Waals surface area contributed by atoms with Gasteiger partial charge in [0, 0.05) is 22.5 Å². The summed E-state index contributed by atoms with van der Waals surface area (Å²) in [5.41, 5.74) is 2.17. The van der Waals surface area contributed by atoms with Gasteiger partial charge in [0.15, 0.2) is 11.5 Å². The van der Waals surface area contributed by atoms with Crippen LogP contribution in [0.15, 0.2) is 40.9 Å². The van der Waals surface area contributed by atoms with Crippen molar-refractivity contribution in [1.82, 2.24) is 0 Å². The van der Waals surface area contributed by atoms with Crippen molar-refractivity contribution in [2.75, 3.05) is 18.8 Å². The zero-order valence-electron chi connectivity index (χ0n) is 14.0. The Morgan fingerprint density at radius 3 is 2.65 bits per heavy atom. The second-order valence-corrected chi connectivity index (χ2v) is 6.71. The molecule has 2 aliphatic heterocycles. The van der Waals surface area contributed by atoms with E-state index in [2.05, 4.69) is 15.9 Å². The number of carbonyl (C=O) groups excluding carboxylic acids is 2. The van der Waals surface area contributed by atoms with E-state index in [9.17, 15) is 9.59 Å². The van der Waals surface area contributed by atoms with E-state index in [4.69, 9.17) is 14.2 Å². The van der Waals surface area contributed by atoms with Crippen LogP contribution >= 0.6 is 15.9 Å². The number of rotatable bonds is 2. The van der Waals surface area contributed by atoms with E-state index in [-0.39, 0.29) is 12.7 Å². The third kappa shape index (κ3) is 2.47. The molecule has 6 nitrogen and oxygen atoms in total. The van der Waals surface area contributed by atoms with Crippen molar-refractivity contribution in [3.8, 4) is 11.5 Å². The lowest BCUT2D eigenvalue weighted by Crippen LogP contribution is -2.31. The second kappa shape index (κ2) is 6.17. The first kappa shape index (κ1) is 16.7. The molecule has 0 unspecified atom stereocenters. The summed E-state index contributed by atoms with van der Waals surface area (Å²) in [7, 11) is 1.50. The van der Waals surface area contributed by atoms with E-state index in [0.29, 0.717) is 39.6 Å². The number of nitrogens with zero attached hydrogens (tertiary/aromatic N) is 1. The van der Waals surface area contributed by atoms with E-state index in [1.54, 1.807) is 30.3 Å². The van der Waals surface area contributed by atoms with Crippen molar-refractivity contribution >= 4 is 44.8 Å². The monoisotopic (exact) mass is 415 g/mol. The lowest BCUT2D eigenvalue weighted by Gasteiger charge is -2.13. The summed E-state index contributed by atoms with van der Waals surface area (Å²) in [6.45, 7) is 1.52. The third-order valence-corrected chi connectivity index (χ3v) is 4.76. The van der Waals surface area contributed by atoms with Crippen LogP contribution in [-0.2, 0) is 14.3 Å². The minimum atomic E-state index is -0.417. The fraction of sp³-hybridized carbons (Fsp3) is 0.158. The first-order chi connectivity index (χ1) is 12.5. The van der Waals surface area contributed by atoms with E-state index in [1.165, 1.54) is 14.0 Å². The zero-order valence-corrected chi connectivity index (χ0v) is 15.6. The van der Waals surface area contributed by atoms with Crippen LogP contribution < -0.4 is 14.4 Å². The number of ether oxygens (including phenoxy) is 3. The van der Waals surface area contributed by atoms with Gasteiger partial charge in [-0.2, -0.15) is 0 Å². The molecule has 0 aliphatic carbocycles. The molecule has 26 heavy (non-hydrogen) atoms. The summed E-state index contributed by atoms with van der Waals surface area (Å²) in [4.78, 5) is 26.2. The van der Waals surface area contributed by atoms with Gasteiger partial charge >= 0.3 is 0 Å². The highest BCUT2D eigenvalue weighted by Crippen LogP contribution is 2.43. The zero-order chi connectivity index (χ0) is 18.4. The van der Waals surface area contributed by atoms with Gasteiger partial charge in [-0.3, -0.25) is 9.59 Å². The van der Waals surface area contributed by atoms with E-state index in [0.717, 1.165) is 9.37 Å². The van der Waals surface area contributed by atoms with Crippen molar-refractivity contribution in [1.29, 1.82) is 0 Å². The maximum absolute atomic E-state index is 13.0. The van der Waals surface area contributed by atoms with Gasteiger partial charge in [-0.05, 0) is 30.3 Å². The summed E-state index contributed by atoms with van der Waals surface area (Å²) in [5.74, 6) is 0.829. The molecule has 2 amide bonds. The molecule has 2 aromatic rings. The average molecular weight is 416 g/mol. The number of fused-ring (bicyclic) bond motifs is 2. The SMILES string of the molecule is COC(=C1C(=O)N(C(C)=O)c2cc(Br)ccc21)c1ccc2c(c1)OCO2. The normalized spacial score (nSPS) is 16.6. The maximum atomic E-state index is 13.0. The molecule has 2 heterocycles. The minimum Gasteiger partial charge on any atom is -0.495 e. The Morgan fingerprint density at radius 1 is 1.15 bits per heavy atom. The molecule has 0 radical (unpaired) electrons. The van der Waals surface area contributed by atoms with Gasteiger partial charge in [0.25, 0.3) is 5.91 Å². The Hall–Kier alpha value is -2.80. The standard InChI is InChI=1S/C19H14BrNO5/c1-10(22)21-14-8-12(20)4-5-13(14)17(19(21)23)18(24-2)11-3-6-15-16(7-11)26-9-25-15/h3-8H,9H2,1-2H3. The molecule has 4 rings (SSSR count). The highest BCUT2D eigenvalue weighted by molar-refractivity contribution is 9.10. The molecule has 0 saturated heterocycles. The van der Waals surface area contributed by atoms with Crippen LogP contribution in [0.25, 0.3) is 11.3 Å². The first-order valence-electron chi connectivity index (χ1n) is 7.84. The van der Waals surface area contributed by atoms with Crippen LogP contribution in [0.2, 0.25) is 0 Å². The van der Waals surface area contributed by atoms with Gasteiger partial charge in [-0.1, -0.05) is 22.0 Å². The van der Waals surface area contributed by atoms with Crippen LogP contribution in [0.1, 0.15) is 18.1 Å². The molecule has 0 fully saturated rings. The molecule has 132 valence electrons. The van der Waals surface area contributed by atoms with Gasteiger partial charge < -0.3 is 14.2 Å².